The summed E-state index contributed by atoms with van der Waals surface area (Å²) in [5, 5.41) is 3.12. The maximum absolute atomic E-state index is 12.0. The number of methoxy groups -OCH3 is 1. The third-order valence-corrected chi connectivity index (χ3v) is 7.62. The molecule has 3 aromatic heterocycles. The van der Waals surface area contributed by atoms with Crippen molar-refractivity contribution in [3.63, 3.8) is 0 Å². The van der Waals surface area contributed by atoms with Gasteiger partial charge in [-0.15, -0.1) is 11.8 Å². The zero-order valence-corrected chi connectivity index (χ0v) is 24.2. The minimum atomic E-state index is 0.175. The van der Waals surface area contributed by atoms with Gasteiger partial charge >= 0.3 is 0 Å². The van der Waals surface area contributed by atoms with Crippen LogP contribution in [0.4, 0.5) is 11.5 Å². The molecule has 0 amide bonds. The molecular weight excluding hydrogens is 512 g/mol. The van der Waals surface area contributed by atoms with Crippen molar-refractivity contribution < 1.29 is 9.53 Å². The van der Waals surface area contributed by atoms with E-state index in [4.69, 9.17) is 19.7 Å². The fourth-order valence-corrected chi connectivity index (χ4v) is 4.74. The number of pyridine rings is 1. The number of anilines is 1. The number of carbonyl (C=O) groups excluding carboxylic acids is 1. The number of nitrogens with one attached hydrogen (secondary N) is 1. The molecule has 0 saturated heterocycles. The molecule has 1 fully saturated rings. The Morgan fingerprint density at radius 3 is 2.67 bits per heavy atom. The molecule has 0 radical (unpaired) electrons. The molecule has 0 bridgehead atoms. The Bertz CT molecular complexity index is 1330. The largest absolute Gasteiger partial charge is 0.480 e. The van der Waals surface area contributed by atoms with Crippen molar-refractivity contribution in [1.29, 1.82) is 0 Å². The van der Waals surface area contributed by atoms with Gasteiger partial charge in [0.15, 0.2) is 23.8 Å². The molecule has 3 aromatic rings. The number of hydrogen-bond donors (Lipinski definition) is 1. The van der Waals surface area contributed by atoms with Crippen LogP contribution in [-0.4, -0.2) is 63.0 Å². The van der Waals surface area contributed by atoms with Crippen LogP contribution < -0.4 is 15.0 Å². The second-order valence-electron chi connectivity index (χ2n) is 9.48. The monoisotopic (exact) mass is 548 g/mol. The summed E-state index contributed by atoms with van der Waals surface area (Å²) in [4.78, 5) is 43.1. The number of rotatable bonds is 12. The van der Waals surface area contributed by atoms with Crippen molar-refractivity contribution in [3.05, 3.63) is 41.7 Å². The highest BCUT2D eigenvalue weighted by molar-refractivity contribution is 7.99. The molecule has 0 spiro atoms. The highest BCUT2D eigenvalue weighted by Gasteiger charge is 2.32. The van der Waals surface area contributed by atoms with Crippen LogP contribution in [0.15, 0.2) is 34.5 Å². The van der Waals surface area contributed by atoms with Gasteiger partial charge in [-0.05, 0) is 51.0 Å². The molecule has 3 heterocycles. The Balaban J connectivity index is 1.73. The van der Waals surface area contributed by atoms with Crippen molar-refractivity contribution in [3.8, 4) is 17.3 Å². The number of aromatic nitrogens is 5. The molecule has 1 aliphatic carbocycles. The summed E-state index contributed by atoms with van der Waals surface area (Å²) in [7, 11) is 3.57. The van der Waals surface area contributed by atoms with Crippen molar-refractivity contribution in [2.24, 2.45) is 4.99 Å². The Labute approximate surface area is 234 Å². The predicted octanol–water partition coefficient (Wildman–Crippen LogP) is 4.89. The third-order valence-electron chi connectivity index (χ3n) is 6.75. The van der Waals surface area contributed by atoms with E-state index in [1.165, 1.54) is 6.33 Å². The van der Waals surface area contributed by atoms with E-state index in [9.17, 15) is 4.79 Å². The topological polar surface area (TPSA) is 118 Å². The van der Waals surface area contributed by atoms with Crippen LogP contribution >= 0.6 is 11.8 Å². The summed E-state index contributed by atoms with van der Waals surface area (Å²) in [5.41, 5.74) is 3.60. The van der Waals surface area contributed by atoms with Gasteiger partial charge in [0.05, 0.1) is 30.7 Å². The molecule has 4 rings (SSSR count). The quantitative estimate of drug-likeness (QED) is 0.145. The Kier molecular flexibility index (Phi) is 9.45. The zero-order valence-electron chi connectivity index (χ0n) is 23.4. The van der Waals surface area contributed by atoms with E-state index in [2.05, 4.69) is 45.9 Å². The maximum atomic E-state index is 12.0. The van der Waals surface area contributed by atoms with Crippen molar-refractivity contribution in [1.82, 2.24) is 30.2 Å². The Morgan fingerprint density at radius 1 is 1.26 bits per heavy atom. The molecule has 39 heavy (non-hydrogen) atoms. The lowest BCUT2D eigenvalue weighted by Crippen LogP contribution is -2.30. The summed E-state index contributed by atoms with van der Waals surface area (Å²) in [6, 6.07) is 4.16. The fourth-order valence-electron chi connectivity index (χ4n) is 4.11. The molecule has 206 valence electrons. The lowest BCUT2D eigenvalue weighted by molar-refractivity contribution is -0.102. The molecule has 10 nitrogen and oxygen atoms in total. The minimum Gasteiger partial charge on any atom is -0.480 e. The lowest BCUT2D eigenvalue weighted by atomic mass is 10.1. The van der Waals surface area contributed by atoms with Crippen LogP contribution in [0.25, 0.3) is 11.4 Å². The first-order valence-electron chi connectivity index (χ1n) is 13.3. The number of amidine groups is 1. The number of hydrogen-bond acceptors (Lipinski definition) is 10. The number of aldehydes is 1. The molecule has 1 aliphatic rings. The number of nitrogens with zero attached hydrogens (tertiary/aromatic N) is 7. The van der Waals surface area contributed by atoms with Crippen LogP contribution in [-0.2, 0) is 11.3 Å². The molecule has 0 aliphatic heterocycles. The van der Waals surface area contributed by atoms with E-state index >= 15 is 0 Å². The molecule has 11 heteroatoms. The highest BCUT2D eigenvalue weighted by atomic mass is 32.2. The molecule has 0 unspecified atom stereocenters. The zero-order chi connectivity index (χ0) is 27.9. The van der Waals surface area contributed by atoms with E-state index in [-0.39, 0.29) is 11.9 Å². The molecule has 0 aromatic carbocycles. The summed E-state index contributed by atoms with van der Waals surface area (Å²) in [6.45, 7) is 8.59. The second kappa shape index (κ2) is 13.0. The van der Waals surface area contributed by atoms with E-state index in [0.717, 1.165) is 41.3 Å². The van der Waals surface area contributed by atoms with Crippen molar-refractivity contribution in [2.45, 2.75) is 70.4 Å². The Morgan fingerprint density at radius 2 is 2.05 bits per heavy atom. The average molecular weight is 549 g/mol. The number of aliphatic imine (C=N–C) groups is 1. The summed E-state index contributed by atoms with van der Waals surface area (Å²) in [6.07, 6.45) is 7.12. The number of aryl methyl sites for hydroxylation is 1. The van der Waals surface area contributed by atoms with E-state index in [1.807, 2.05) is 32.3 Å². The fraction of sp³-hybridized carbons (Fsp3) is 0.464. The normalized spacial score (nSPS) is 14.2. The molecule has 1 N–H and O–H groups in total. The first-order valence-corrected chi connectivity index (χ1v) is 14.2. The van der Waals surface area contributed by atoms with Gasteiger partial charge in [-0.1, -0.05) is 13.8 Å². The predicted molar refractivity (Wildman–Crippen MR) is 155 cm³/mol. The first kappa shape index (κ1) is 28.4. The van der Waals surface area contributed by atoms with Gasteiger partial charge in [0, 0.05) is 30.1 Å². The van der Waals surface area contributed by atoms with Crippen LogP contribution in [0.2, 0.25) is 0 Å². The van der Waals surface area contributed by atoms with Gasteiger partial charge in [-0.2, -0.15) is 0 Å². The van der Waals surface area contributed by atoms with Gasteiger partial charge < -0.3 is 15.0 Å². The third kappa shape index (κ3) is 6.70. The highest BCUT2D eigenvalue weighted by Crippen LogP contribution is 2.45. The number of thioether (sulfide) groups is 1. The van der Waals surface area contributed by atoms with Crippen LogP contribution in [0.5, 0.6) is 5.88 Å². The van der Waals surface area contributed by atoms with Gasteiger partial charge in [0.25, 0.3) is 0 Å². The minimum absolute atomic E-state index is 0.175. The smallest absolute Gasteiger partial charge is 0.227 e. The maximum Gasteiger partial charge on any atom is 0.227 e. The van der Waals surface area contributed by atoms with Crippen LogP contribution in [0.3, 0.4) is 0 Å². The molecule has 1 atom stereocenters. The van der Waals surface area contributed by atoms with Crippen molar-refractivity contribution in [2.75, 3.05) is 24.8 Å². The van der Waals surface area contributed by atoms with E-state index < -0.39 is 0 Å². The van der Waals surface area contributed by atoms with E-state index in [1.54, 1.807) is 18.9 Å². The first-order chi connectivity index (χ1) is 18.9. The van der Waals surface area contributed by atoms with E-state index in [0.29, 0.717) is 53.2 Å². The summed E-state index contributed by atoms with van der Waals surface area (Å²) in [5.74, 6) is 3.09. The number of ether oxygens (including phenoxy) is 1. The standard InChI is InChI=1S/C28H36N8O2S/c1-7-17(3)36(5)27-24(34-22(15-37)30-13-20-11-12-21(14-29-20)39-8-2)18(4)33-26(35-27)23-25(19-9-10-19)31-16-32-28(23)38-6/h11-12,14-17,19H,7-10,13H2,1-6H3,(H,30,34)/t17-/m1/s1. The van der Waals surface area contributed by atoms with Gasteiger partial charge in [0.2, 0.25) is 5.88 Å². The SMILES string of the molecule is CCSc1ccc(CN/C(C=O)=N/c2c(C)nc(-c3c(OC)ncnc3C3CC3)nc2N(C)[C@H](C)CC)nc1. The number of carbonyl (C=O) groups is 1. The van der Waals surface area contributed by atoms with Gasteiger partial charge in [-0.3, -0.25) is 9.78 Å². The van der Waals surface area contributed by atoms with Crippen molar-refractivity contribution >= 4 is 35.4 Å². The van der Waals surface area contributed by atoms with Crippen LogP contribution in [0, 0.1) is 6.92 Å². The lowest BCUT2D eigenvalue weighted by Gasteiger charge is -2.27. The van der Waals surface area contributed by atoms with Crippen LogP contribution in [0.1, 0.15) is 63.0 Å². The van der Waals surface area contributed by atoms with Gasteiger partial charge in [-0.25, -0.2) is 24.9 Å². The molecular formula is C28H36N8O2S. The second-order valence-corrected chi connectivity index (χ2v) is 10.8. The summed E-state index contributed by atoms with van der Waals surface area (Å²) < 4.78 is 5.60. The van der Waals surface area contributed by atoms with Gasteiger partial charge in [0.1, 0.15) is 17.6 Å². The molecule has 1 saturated carbocycles. The summed E-state index contributed by atoms with van der Waals surface area (Å²) >= 11 is 1.74. The average Bonchev–Trinajstić information content (AvgIpc) is 3.81. The Hall–Kier alpha value is -3.60.